The predicted molar refractivity (Wildman–Crippen MR) is 79.5 cm³/mol. The monoisotopic (exact) mass is 310 g/mol. The van der Waals surface area contributed by atoms with Crippen LogP contribution in [0.4, 0.5) is 0 Å². The van der Waals surface area contributed by atoms with Crippen LogP contribution in [0.1, 0.15) is 37.0 Å². The van der Waals surface area contributed by atoms with Gasteiger partial charge in [-0.15, -0.1) is 0 Å². The quantitative estimate of drug-likeness (QED) is 0.677. The van der Waals surface area contributed by atoms with Crippen molar-refractivity contribution < 1.29 is 28.8 Å². The summed E-state index contributed by atoms with van der Waals surface area (Å²) in [6.07, 6.45) is 0.455. The number of methoxy groups -OCH3 is 3. The lowest BCUT2D eigenvalue weighted by atomic mass is 9.98. The van der Waals surface area contributed by atoms with Gasteiger partial charge in [-0.3, -0.25) is 4.79 Å². The summed E-state index contributed by atoms with van der Waals surface area (Å²) in [5.41, 5.74) is 1.67. The number of ether oxygens (including phenoxy) is 4. The SMILES string of the molecule is COc1cc2c(c(OC)c1OC)CCC(O)CC2OC(C)=O. The van der Waals surface area contributed by atoms with Crippen molar-refractivity contribution in [3.8, 4) is 17.2 Å². The van der Waals surface area contributed by atoms with E-state index >= 15 is 0 Å². The number of benzene rings is 1. The van der Waals surface area contributed by atoms with Crippen LogP contribution in [0.15, 0.2) is 6.07 Å². The first kappa shape index (κ1) is 16.4. The highest BCUT2D eigenvalue weighted by molar-refractivity contribution is 5.67. The van der Waals surface area contributed by atoms with Crippen LogP contribution >= 0.6 is 0 Å². The van der Waals surface area contributed by atoms with Gasteiger partial charge >= 0.3 is 5.97 Å². The molecule has 1 aromatic rings. The zero-order valence-corrected chi connectivity index (χ0v) is 13.3. The Balaban J connectivity index is 2.62. The number of carbonyl (C=O) groups excluding carboxylic acids is 1. The van der Waals surface area contributed by atoms with E-state index < -0.39 is 12.2 Å². The number of carbonyl (C=O) groups is 1. The Morgan fingerprint density at radius 2 is 1.86 bits per heavy atom. The molecule has 0 saturated heterocycles. The van der Waals surface area contributed by atoms with Crippen LogP contribution in [0.3, 0.4) is 0 Å². The first-order chi connectivity index (χ1) is 10.5. The maximum atomic E-state index is 11.4. The molecule has 0 fully saturated rings. The van der Waals surface area contributed by atoms with Crippen molar-refractivity contribution in [2.75, 3.05) is 21.3 Å². The molecule has 1 aliphatic carbocycles. The Bertz CT molecular complexity index is 554. The van der Waals surface area contributed by atoms with E-state index in [0.29, 0.717) is 36.5 Å². The van der Waals surface area contributed by atoms with Gasteiger partial charge in [0.1, 0.15) is 6.10 Å². The van der Waals surface area contributed by atoms with Crippen LogP contribution < -0.4 is 14.2 Å². The summed E-state index contributed by atoms with van der Waals surface area (Å²) in [6.45, 7) is 1.36. The smallest absolute Gasteiger partial charge is 0.303 e. The lowest BCUT2D eigenvalue weighted by molar-refractivity contribution is -0.148. The molecular weight excluding hydrogens is 288 g/mol. The summed E-state index contributed by atoms with van der Waals surface area (Å²) in [4.78, 5) is 11.4. The summed E-state index contributed by atoms with van der Waals surface area (Å²) < 4.78 is 21.6. The first-order valence-electron chi connectivity index (χ1n) is 7.18. The van der Waals surface area contributed by atoms with Gasteiger partial charge in [-0.05, 0) is 18.9 Å². The summed E-state index contributed by atoms with van der Waals surface area (Å²) in [5, 5.41) is 10.1. The Labute approximate surface area is 129 Å². The second-order valence-electron chi connectivity index (χ2n) is 5.24. The molecule has 0 saturated carbocycles. The molecule has 0 bridgehead atoms. The van der Waals surface area contributed by atoms with Crippen LogP contribution in [-0.2, 0) is 16.0 Å². The van der Waals surface area contributed by atoms with Crippen LogP contribution in [0.2, 0.25) is 0 Å². The highest BCUT2D eigenvalue weighted by Gasteiger charge is 2.31. The zero-order chi connectivity index (χ0) is 16.3. The maximum absolute atomic E-state index is 11.4. The molecule has 2 atom stereocenters. The average Bonchev–Trinajstić information content (AvgIpc) is 2.64. The first-order valence-corrected chi connectivity index (χ1v) is 7.18. The summed E-state index contributed by atoms with van der Waals surface area (Å²) >= 11 is 0. The lowest BCUT2D eigenvalue weighted by Gasteiger charge is -2.22. The van der Waals surface area contributed by atoms with Gasteiger partial charge in [0, 0.05) is 24.5 Å². The van der Waals surface area contributed by atoms with Crippen molar-refractivity contribution in [2.45, 2.75) is 38.4 Å². The van der Waals surface area contributed by atoms with Crippen LogP contribution in [0.25, 0.3) is 0 Å². The van der Waals surface area contributed by atoms with E-state index in [1.807, 2.05) is 0 Å². The number of esters is 1. The molecule has 6 heteroatoms. The molecule has 0 aromatic heterocycles. The number of aliphatic hydroxyl groups is 1. The van der Waals surface area contributed by atoms with Gasteiger partial charge in [0.2, 0.25) is 5.75 Å². The predicted octanol–water partition coefficient (Wildman–Crippen LogP) is 2.01. The highest BCUT2D eigenvalue weighted by Crippen LogP contribution is 2.46. The molecule has 2 unspecified atom stereocenters. The fourth-order valence-electron chi connectivity index (χ4n) is 2.89. The van der Waals surface area contributed by atoms with Crippen molar-refractivity contribution in [1.82, 2.24) is 0 Å². The number of rotatable bonds is 4. The summed E-state index contributed by atoms with van der Waals surface area (Å²) in [6, 6.07) is 1.79. The number of hydrogen-bond acceptors (Lipinski definition) is 6. The molecule has 2 rings (SSSR count). The molecule has 0 radical (unpaired) electrons. The topological polar surface area (TPSA) is 74.2 Å². The van der Waals surface area contributed by atoms with E-state index in [9.17, 15) is 9.90 Å². The van der Waals surface area contributed by atoms with E-state index in [0.717, 1.165) is 11.1 Å². The van der Waals surface area contributed by atoms with E-state index in [4.69, 9.17) is 18.9 Å². The van der Waals surface area contributed by atoms with Crippen LogP contribution in [0.5, 0.6) is 17.2 Å². The standard InChI is InChI=1S/C16H22O6/c1-9(17)22-13-7-10(18)5-6-11-12(13)8-14(19-2)16(21-4)15(11)20-3/h8,10,13,18H,5-7H2,1-4H3. The van der Waals surface area contributed by atoms with Crippen molar-refractivity contribution in [3.05, 3.63) is 17.2 Å². The van der Waals surface area contributed by atoms with Crippen molar-refractivity contribution in [2.24, 2.45) is 0 Å². The molecule has 6 nitrogen and oxygen atoms in total. The van der Waals surface area contributed by atoms with Gasteiger partial charge < -0.3 is 24.1 Å². The second kappa shape index (κ2) is 6.87. The molecule has 0 spiro atoms. The number of aliphatic hydroxyl groups excluding tert-OH is 1. The fraction of sp³-hybridized carbons (Fsp3) is 0.562. The highest BCUT2D eigenvalue weighted by atomic mass is 16.5. The number of fused-ring (bicyclic) bond motifs is 1. The fourth-order valence-corrected chi connectivity index (χ4v) is 2.89. The molecule has 0 amide bonds. The minimum atomic E-state index is -0.543. The molecule has 122 valence electrons. The third-order valence-corrected chi connectivity index (χ3v) is 3.84. The lowest BCUT2D eigenvalue weighted by Crippen LogP contribution is -2.15. The van der Waals surface area contributed by atoms with Crippen LogP contribution in [0, 0.1) is 0 Å². The van der Waals surface area contributed by atoms with Gasteiger partial charge in [-0.2, -0.15) is 0 Å². The molecule has 0 heterocycles. The van der Waals surface area contributed by atoms with E-state index in [1.54, 1.807) is 20.3 Å². The van der Waals surface area contributed by atoms with Crippen molar-refractivity contribution >= 4 is 5.97 Å². The van der Waals surface area contributed by atoms with Gasteiger partial charge in [0.05, 0.1) is 27.4 Å². The molecule has 1 N–H and O–H groups in total. The van der Waals surface area contributed by atoms with E-state index in [-0.39, 0.29) is 5.97 Å². The summed E-state index contributed by atoms with van der Waals surface area (Å²) in [7, 11) is 4.64. The zero-order valence-electron chi connectivity index (χ0n) is 13.3. The molecule has 1 aromatic carbocycles. The van der Waals surface area contributed by atoms with Gasteiger partial charge in [-0.25, -0.2) is 0 Å². The van der Waals surface area contributed by atoms with Crippen molar-refractivity contribution in [3.63, 3.8) is 0 Å². The van der Waals surface area contributed by atoms with Gasteiger partial charge in [-0.1, -0.05) is 0 Å². The number of hydrogen-bond donors (Lipinski definition) is 1. The Kier molecular flexibility index (Phi) is 5.13. The Morgan fingerprint density at radius 1 is 1.18 bits per heavy atom. The molecular formula is C16H22O6. The summed E-state index contributed by atoms with van der Waals surface area (Å²) in [5.74, 6) is 1.18. The third kappa shape index (κ3) is 3.11. The van der Waals surface area contributed by atoms with E-state index in [2.05, 4.69) is 0 Å². The Hall–Kier alpha value is -1.95. The Morgan fingerprint density at radius 3 is 2.41 bits per heavy atom. The van der Waals surface area contributed by atoms with E-state index in [1.165, 1.54) is 14.0 Å². The largest absolute Gasteiger partial charge is 0.493 e. The minimum absolute atomic E-state index is 0.352. The van der Waals surface area contributed by atoms with Crippen molar-refractivity contribution in [1.29, 1.82) is 0 Å². The maximum Gasteiger partial charge on any atom is 0.303 e. The minimum Gasteiger partial charge on any atom is -0.493 e. The average molecular weight is 310 g/mol. The van der Waals surface area contributed by atoms with Gasteiger partial charge in [0.25, 0.3) is 0 Å². The molecule has 22 heavy (non-hydrogen) atoms. The molecule has 1 aliphatic rings. The van der Waals surface area contributed by atoms with Gasteiger partial charge in [0.15, 0.2) is 11.5 Å². The second-order valence-corrected chi connectivity index (χ2v) is 5.24. The third-order valence-electron chi connectivity index (χ3n) is 3.84. The molecule has 0 aliphatic heterocycles. The van der Waals surface area contributed by atoms with Crippen LogP contribution in [-0.4, -0.2) is 38.5 Å². The normalized spacial score (nSPS) is 20.6.